The number of rotatable bonds is 5. The van der Waals surface area contributed by atoms with Crippen LogP contribution in [-0.2, 0) is 10.0 Å². The second-order valence-electron chi connectivity index (χ2n) is 6.01. The zero-order valence-electron chi connectivity index (χ0n) is 15.4. The summed E-state index contributed by atoms with van der Waals surface area (Å²) in [5.41, 5.74) is 5.22. The Morgan fingerprint density at radius 1 is 0.800 bits per heavy atom. The van der Waals surface area contributed by atoms with Crippen LogP contribution in [-0.4, -0.2) is 20.4 Å². The van der Waals surface area contributed by atoms with E-state index >= 15 is 0 Å². The van der Waals surface area contributed by atoms with Crippen molar-refractivity contribution >= 4 is 44.9 Å². The molecule has 0 saturated heterocycles. The minimum Gasteiger partial charge on any atom is -0.307 e. The van der Waals surface area contributed by atoms with Gasteiger partial charge in [-0.25, -0.2) is 18.6 Å². The van der Waals surface area contributed by atoms with Gasteiger partial charge in [-0.3, -0.25) is 14.9 Å². The van der Waals surface area contributed by atoms with Crippen LogP contribution in [0.4, 0.5) is 16.2 Å². The maximum Gasteiger partial charge on any atom is 0.337 e. The van der Waals surface area contributed by atoms with Crippen LogP contribution >= 0.6 is 11.6 Å². The Morgan fingerprint density at radius 2 is 1.50 bits per heavy atom. The van der Waals surface area contributed by atoms with Crippen molar-refractivity contribution in [3.8, 4) is 0 Å². The number of benzene rings is 3. The highest BCUT2D eigenvalue weighted by Crippen LogP contribution is 2.24. The van der Waals surface area contributed by atoms with Crippen molar-refractivity contribution < 1.29 is 18.0 Å². The van der Waals surface area contributed by atoms with Gasteiger partial charge in [0.05, 0.1) is 15.6 Å². The number of hydrogen-bond donors (Lipinski definition) is 4. The standard InChI is InChI=1S/C20H17ClN4O4S/c21-17-11-4-5-12-18(17)25-30(28,29)16-10-6-7-14(13-16)19(26)23-24-20(27)22-15-8-2-1-3-9-15/h1-13,25H,(H,23,26)(H2,22,24,27). The molecule has 3 rings (SSSR count). The molecule has 0 atom stereocenters. The summed E-state index contributed by atoms with van der Waals surface area (Å²) in [6.07, 6.45) is 0. The Kier molecular flexibility index (Phi) is 6.55. The topological polar surface area (TPSA) is 116 Å². The number of urea groups is 1. The minimum absolute atomic E-state index is 0.0389. The molecule has 0 aliphatic rings. The molecule has 3 aromatic rings. The van der Waals surface area contributed by atoms with E-state index in [4.69, 9.17) is 11.6 Å². The van der Waals surface area contributed by atoms with E-state index in [0.29, 0.717) is 5.69 Å². The van der Waals surface area contributed by atoms with Crippen molar-refractivity contribution in [2.45, 2.75) is 4.90 Å². The molecule has 0 bridgehead atoms. The minimum atomic E-state index is -3.98. The largest absolute Gasteiger partial charge is 0.337 e. The van der Waals surface area contributed by atoms with Gasteiger partial charge in [-0.2, -0.15) is 0 Å². The Balaban J connectivity index is 1.66. The van der Waals surface area contributed by atoms with Crippen LogP contribution in [0.15, 0.2) is 83.8 Å². The Morgan fingerprint density at radius 3 is 2.23 bits per heavy atom. The molecule has 0 heterocycles. The molecule has 3 aromatic carbocycles. The average molecular weight is 445 g/mol. The monoisotopic (exact) mass is 444 g/mol. The van der Waals surface area contributed by atoms with Crippen molar-refractivity contribution in [1.82, 2.24) is 10.9 Å². The van der Waals surface area contributed by atoms with E-state index in [2.05, 4.69) is 20.9 Å². The number of carbonyl (C=O) groups excluding carboxylic acids is 2. The number of anilines is 2. The Labute approximate surface area is 178 Å². The normalized spacial score (nSPS) is 10.7. The molecular weight excluding hydrogens is 428 g/mol. The number of sulfonamides is 1. The molecule has 8 nitrogen and oxygen atoms in total. The molecule has 4 N–H and O–H groups in total. The molecule has 10 heteroatoms. The highest BCUT2D eigenvalue weighted by Gasteiger charge is 2.18. The van der Waals surface area contributed by atoms with Crippen molar-refractivity contribution in [1.29, 1.82) is 0 Å². The van der Waals surface area contributed by atoms with E-state index in [-0.39, 0.29) is 21.2 Å². The van der Waals surface area contributed by atoms with Gasteiger partial charge < -0.3 is 5.32 Å². The lowest BCUT2D eigenvalue weighted by atomic mass is 10.2. The second-order valence-corrected chi connectivity index (χ2v) is 8.10. The number of hydrogen-bond acceptors (Lipinski definition) is 4. The molecule has 0 fully saturated rings. The van der Waals surface area contributed by atoms with Gasteiger partial charge in [-0.05, 0) is 42.5 Å². The van der Waals surface area contributed by atoms with E-state index < -0.39 is 22.0 Å². The van der Waals surface area contributed by atoms with Gasteiger partial charge in [0, 0.05) is 11.3 Å². The molecule has 0 aromatic heterocycles. The smallest absolute Gasteiger partial charge is 0.307 e. The molecular formula is C20H17ClN4O4S. The lowest BCUT2D eigenvalue weighted by Crippen LogP contribution is -2.43. The molecule has 0 spiro atoms. The van der Waals surface area contributed by atoms with Crippen molar-refractivity contribution in [3.63, 3.8) is 0 Å². The predicted octanol–water partition coefficient (Wildman–Crippen LogP) is 3.61. The average Bonchev–Trinajstić information content (AvgIpc) is 2.74. The first kappa shape index (κ1) is 21.2. The van der Waals surface area contributed by atoms with E-state index in [1.807, 2.05) is 0 Å². The van der Waals surface area contributed by atoms with Gasteiger partial charge in [0.25, 0.3) is 15.9 Å². The number of hydrazine groups is 1. The van der Waals surface area contributed by atoms with Crippen LogP contribution in [0.1, 0.15) is 10.4 Å². The maximum atomic E-state index is 12.6. The number of nitrogens with one attached hydrogen (secondary N) is 4. The summed E-state index contributed by atoms with van der Waals surface area (Å²) in [5, 5.41) is 2.77. The molecule has 30 heavy (non-hydrogen) atoms. The van der Waals surface area contributed by atoms with Crippen molar-refractivity contribution in [2.75, 3.05) is 10.0 Å². The van der Waals surface area contributed by atoms with Crippen molar-refractivity contribution in [3.05, 3.63) is 89.4 Å². The third kappa shape index (κ3) is 5.49. The summed E-state index contributed by atoms with van der Waals surface area (Å²) in [7, 11) is -3.98. The quantitative estimate of drug-likeness (QED) is 0.450. The summed E-state index contributed by atoms with van der Waals surface area (Å²) in [5.74, 6) is -0.687. The van der Waals surface area contributed by atoms with Gasteiger partial charge in [0.15, 0.2) is 0 Å². The van der Waals surface area contributed by atoms with Crippen LogP contribution in [0.2, 0.25) is 5.02 Å². The molecule has 154 valence electrons. The van der Waals surface area contributed by atoms with Crippen LogP contribution in [0, 0.1) is 0 Å². The van der Waals surface area contributed by atoms with Gasteiger partial charge in [0.2, 0.25) is 0 Å². The zero-order chi connectivity index (χ0) is 21.6. The first-order valence-electron chi connectivity index (χ1n) is 8.65. The number of halogens is 1. The van der Waals surface area contributed by atoms with Gasteiger partial charge >= 0.3 is 6.03 Å². The van der Waals surface area contributed by atoms with Gasteiger partial charge in [-0.1, -0.05) is 48.0 Å². The van der Waals surface area contributed by atoms with E-state index in [9.17, 15) is 18.0 Å². The van der Waals surface area contributed by atoms with Gasteiger partial charge in [-0.15, -0.1) is 0 Å². The molecule has 0 aliphatic heterocycles. The first-order valence-corrected chi connectivity index (χ1v) is 10.5. The molecule has 0 radical (unpaired) electrons. The summed E-state index contributed by atoms with van der Waals surface area (Å²) >= 11 is 5.99. The third-order valence-corrected chi connectivity index (χ3v) is 5.54. The summed E-state index contributed by atoms with van der Waals surface area (Å²) in [4.78, 5) is 24.0. The number of para-hydroxylation sites is 2. The van der Waals surface area contributed by atoms with Crippen LogP contribution in [0.3, 0.4) is 0 Å². The third-order valence-electron chi connectivity index (χ3n) is 3.85. The first-order chi connectivity index (χ1) is 14.3. The lowest BCUT2D eigenvalue weighted by Gasteiger charge is -2.11. The Bertz CT molecular complexity index is 1170. The van der Waals surface area contributed by atoms with Crippen LogP contribution in [0.25, 0.3) is 0 Å². The highest BCUT2D eigenvalue weighted by atomic mass is 35.5. The SMILES string of the molecule is O=C(NNC(=O)c1cccc(S(=O)(=O)Nc2ccccc2Cl)c1)Nc1ccccc1. The fourth-order valence-corrected chi connectivity index (χ4v) is 3.79. The Hall–Kier alpha value is -3.56. The summed E-state index contributed by atoms with van der Waals surface area (Å²) in [6.45, 7) is 0. The molecule has 0 saturated carbocycles. The van der Waals surface area contributed by atoms with Crippen molar-refractivity contribution in [2.24, 2.45) is 0 Å². The van der Waals surface area contributed by atoms with Gasteiger partial charge in [0.1, 0.15) is 0 Å². The number of carbonyl (C=O) groups is 2. The summed E-state index contributed by atoms with van der Waals surface area (Å²) in [6, 6.07) is 19.7. The fourth-order valence-electron chi connectivity index (χ4n) is 2.42. The second kappa shape index (κ2) is 9.29. The predicted molar refractivity (Wildman–Crippen MR) is 115 cm³/mol. The number of amides is 3. The fraction of sp³-hybridized carbons (Fsp3) is 0. The highest BCUT2D eigenvalue weighted by molar-refractivity contribution is 7.92. The van der Waals surface area contributed by atoms with E-state index in [1.165, 1.54) is 30.3 Å². The molecule has 0 aliphatic carbocycles. The zero-order valence-corrected chi connectivity index (χ0v) is 17.0. The molecule has 0 unspecified atom stereocenters. The van der Waals surface area contributed by atoms with E-state index in [1.54, 1.807) is 48.5 Å². The summed E-state index contributed by atoms with van der Waals surface area (Å²) < 4.78 is 27.6. The van der Waals surface area contributed by atoms with Crippen LogP contribution in [0.5, 0.6) is 0 Å². The molecule has 3 amide bonds. The lowest BCUT2D eigenvalue weighted by molar-refractivity contribution is 0.0937. The maximum absolute atomic E-state index is 12.6. The van der Waals surface area contributed by atoms with Crippen LogP contribution < -0.4 is 20.9 Å². The van der Waals surface area contributed by atoms with E-state index in [0.717, 1.165) is 0 Å².